The highest BCUT2D eigenvalue weighted by Gasteiger charge is 2.17. The minimum absolute atomic E-state index is 0.00365. The van der Waals surface area contributed by atoms with Gasteiger partial charge in [0.2, 0.25) is 10.0 Å². The number of hydrogen-bond acceptors (Lipinski definition) is 3. The maximum atomic E-state index is 14.0. The van der Waals surface area contributed by atoms with E-state index in [1.165, 1.54) is 6.07 Å². The molecular weight excluding hydrogens is 291 g/mol. The minimum atomic E-state index is -3.50. The summed E-state index contributed by atoms with van der Waals surface area (Å²) >= 11 is 5.39. The van der Waals surface area contributed by atoms with Crippen molar-refractivity contribution < 1.29 is 12.8 Å². The SMILES string of the molecule is O=S(=O)(CCCl)Nc1ccc(N2CCCC2)c(F)c1. The van der Waals surface area contributed by atoms with Crippen molar-refractivity contribution in [3.05, 3.63) is 24.0 Å². The summed E-state index contributed by atoms with van der Waals surface area (Å²) in [5.74, 6) is -0.596. The lowest BCUT2D eigenvalue weighted by Gasteiger charge is -2.19. The molecule has 0 saturated carbocycles. The van der Waals surface area contributed by atoms with Crippen LogP contribution in [-0.2, 0) is 10.0 Å². The molecule has 7 heteroatoms. The van der Waals surface area contributed by atoms with E-state index in [0.717, 1.165) is 25.9 Å². The van der Waals surface area contributed by atoms with E-state index in [9.17, 15) is 12.8 Å². The second-order valence-corrected chi connectivity index (χ2v) is 6.69. The number of hydrogen-bond donors (Lipinski definition) is 1. The molecule has 4 nitrogen and oxygen atoms in total. The first kappa shape index (κ1) is 14.4. The van der Waals surface area contributed by atoms with Crippen molar-refractivity contribution >= 4 is 33.0 Å². The van der Waals surface area contributed by atoms with Gasteiger partial charge in [-0.05, 0) is 25.0 Å². The summed E-state index contributed by atoms with van der Waals surface area (Å²) in [6.07, 6.45) is 2.12. The Morgan fingerprint density at radius 1 is 1.32 bits per heavy atom. The van der Waals surface area contributed by atoms with Gasteiger partial charge in [-0.3, -0.25) is 4.72 Å². The smallest absolute Gasteiger partial charge is 0.233 e. The molecule has 19 heavy (non-hydrogen) atoms. The molecule has 106 valence electrons. The molecule has 0 atom stereocenters. The molecule has 0 amide bonds. The lowest BCUT2D eigenvalue weighted by molar-refractivity contribution is 0.602. The van der Waals surface area contributed by atoms with Crippen LogP contribution < -0.4 is 9.62 Å². The number of nitrogens with zero attached hydrogens (tertiary/aromatic N) is 1. The summed E-state index contributed by atoms with van der Waals surface area (Å²) in [7, 11) is -3.50. The van der Waals surface area contributed by atoms with Crippen molar-refractivity contribution in [1.29, 1.82) is 0 Å². The molecule has 1 heterocycles. The fraction of sp³-hybridized carbons (Fsp3) is 0.500. The highest BCUT2D eigenvalue weighted by molar-refractivity contribution is 7.92. The standard InChI is InChI=1S/C12H16ClFN2O2S/c13-5-8-19(17,18)15-10-3-4-12(11(14)9-10)16-6-1-2-7-16/h3-4,9,15H,1-2,5-8H2. The van der Waals surface area contributed by atoms with Gasteiger partial charge in [-0.1, -0.05) is 0 Å². The predicted molar refractivity (Wildman–Crippen MR) is 76.0 cm³/mol. The van der Waals surface area contributed by atoms with Crippen LogP contribution in [0.15, 0.2) is 18.2 Å². The predicted octanol–water partition coefficient (Wildman–Crippen LogP) is 2.41. The third-order valence-corrected chi connectivity index (χ3v) is 4.72. The van der Waals surface area contributed by atoms with E-state index in [4.69, 9.17) is 11.6 Å². The zero-order chi connectivity index (χ0) is 13.9. The molecule has 2 rings (SSSR count). The number of nitrogens with one attached hydrogen (secondary N) is 1. The molecule has 0 spiro atoms. The van der Waals surface area contributed by atoms with Crippen LogP contribution in [-0.4, -0.2) is 33.1 Å². The summed E-state index contributed by atoms with van der Waals surface area (Å²) in [5, 5.41) is 0. The van der Waals surface area contributed by atoms with Crippen LogP contribution in [0.5, 0.6) is 0 Å². The third kappa shape index (κ3) is 3.73. The van der Waals surface area contributed by atoms with E-state index < -0.39 is 15.8 Å². The van der Waals surface area contributed by atoms with Crippen molar-refractivity contribution in [3.8, 4) is 0 Å². The number of rotatable bonds is 5. The van der Waals surface area contributed by atoms with Gasteiger partial charge < -0.3 is 4.90 Å². The van der Waals surface area contributed by atoms with Gasteiger partial charge in [0.05, 0.1) is 17.1 Å². The summed E-state index contributed by atoms with van der Waals surface area (Å²) in [6.45, 7) is 1.68. The normalized spacial score (nSPS) is 15.8. The highest BCUT2D eigenvalue weighted by Crippen LogP contribution is 2.26. The Labute approximate surface area is 117 Å². The van der Waals surface area contributed by atoms with Crippen molar-refractivity contribution in [2.45, 2.75) is 12.8 Å². The Balaban J connectivity index is 2.14. The number of alkyl halides is 1. The van der Waals surface area contributed by atoms with Gasteiger partial charge in [0.25, 0.3) is 0 Å². The van der Waals surface area contributed by atoms with Crippen molar-refractivity contribution in [3.63, 3.8) is 0 Å². The molecule has 0 bridgehead atoms. The van der Waals surface area contributed by atoms with Crippen LogP contribution in [0, 0.1) is 5.82 Å². The number of sulfonamides is 1. The summed E-state index contributed by atoms with van der Waals surface area (Å²) < 4.78 is 39.3. The van der Waals surface area contributed by atoms with Gasteiger partial charge >= 0.3 is 0 Å². The van der Waals surface area contributed by atoms with E-state index in [2.05, 4.69) is 4.72 Å². The molecule has 1 aliphatic heterocycles. The van der Waals surface area contributed by atoms with Gasteiger partial charge in [-0.2, -0.15) is 0 Å². The average Bonchev–Trinajstić information content (AvgIpc) is 2.81. The van der Waals surface area contributed by atoms with Gasteiger partial charge in [0.1, 0.15) is 5.82 Å². The molecule has 0 radical (unpaired) electrons. The van der Waals surface area contributed by atoms with Crippen LogP contribution in [0.1, 0.15) is 12.8 Å². The van der Waals surface area contributed by atoms with Gasteiger partial charge in [-0.25, -0.2) is 12.8 Å². The Morgan fingerprint density at radius 2 is 2.00 bits per heavy atom. The maximum absolute atomic E-state index is 14.0. The molecule has 0 unspecified atom stereocenters. The Bertz CT molecular complexity index is 545. The molecule has 1 aliphatic rings. The number of benzene rings is 1. The average molecular weight is 307 g/mol. The van der Waals surface area contributed by atoms with Crippen LogP contribution >= 0.6 is 11.6 Å². The summed E-state index contributed by atoms with van der Waals surface area (Å²) in [6, 6.07) is 4.39. The Kier molecular flexibility index (Phi) is 4.52. The van der Waals surface area contributed by atoms with Crippen molar-refractivity contribution in [2.75, 3.05) is 34.3 Å². The first-order chi connectivity index (χ1) is 9.02. The van der Waals surface area contributed by atoms with E-state index >= 15 is 0 Å². The molecule has 0 aliphatic carbocycles. The lowest BCUT2D eigenvalue weighted by atomic mass is 10.2. The van der Waals surface area contributed by atoms with Crippen molar-refractivity contribution in [1.82, 2.24) is 0 Å². The van der Waals surface area contributed by atoms with Crippen LogP contribution in [0.3, 0.4) is 0 Å². The first-order valence-corrected chi connectivity index (χ1v) is 8.31. The fourth-order valence-corrected chi connectivity index (χ4v) is 3.52. The zero-order valence-electron chi connectivity index (χ0n) is 10.4. The van der Waals surface area contributed by atoms with Crippen LogP contribution in [0.4, 0.5) is 15.8 Å². The van der Waals surface area contributed by atoms with Crippen LogP contribution in [0.2, 0.25) is 0 Å². The van der Waals surface area contributed by atoms with Gasteiger partial charge in [0, 0.05) is 25.0 Å². The van der Waals surface area contributed by atoms with Gasteiger partial charge in [-0.15, -0.1) is 11.6 Å². The monoisotopic (exact) mass is 306 g/mol. The molecule has 1 saturated heterocycles. The quantitative estimate of drug-likeness (QED) is 0.850. The van der Waals surface area contributed by atoms with Gasteiger partial charge in [0.15, 0.2) is 0 Å². The third-order valence-electron chi connectivity index (χ3n) is 3.01. The number of anilines is 2. The number of halogens is 2. The Hall–Kier alpha value is -1.01. The zero-order valence-corrected chi connectivity index (χ0v) is 12.0. The van der Waals surface area contributed by atoms with Crippen LogP contribution in [0.25, 0.3) is 0 Å². The van der Waals surface area contributed by atoms with Crippen molar-refractivity contribution in [2.24, 2.45) is 0 Å². The Morgan fingerprint density at radius 3 is 2.58 bits per heavy atom. The second-order valence-electron chi connectivity index (χ2n) is 4.47. The molecule has 1 aromatic carbocycles. The highest BCUT2D eigenvalue weighted by atomic mass is 35.5. The second kappa shape index (κ2) is 5.96. The molecule has 1 aromatic rings. The fourth-order valence-electron chi connectivity index (χ4n) is 2.12. The summed E-state index contributed by atoms with van der Waals surface area (Å²) in [4.78, 5) is 1.96. The van der Waals surface area contributed by atoms with E-state index in [1.54, 1.807) is 12.1 Å². The molecule has 1 N–H and O–H groups in total. The first-order valence-electron chi connectivity index (χ1n) is 6.13. The summed E-state index contributed by atoms with van der Waals surface area (Å²) in [5.41, 5.74) is 0.753. The largest absolute Gasteiger partial charge is 0.369 e. The topological polar surface area (TPSA) is 49.4 Å². The molecular formula is C12H16ClFN2O2S. The van der Waals surface area contributed by atoms with E-state index in [1.807, 2.05) is 4.90 Å². The van der Waals surface area contributed by atoms with E-state index in [-0.39, 0.29) is 17.3 Å². The lowest BCUT2D eigenvalue weighted by Crippen LogP contribution is -2.20. The minimum Gasteiger partial charge on any atom is -0.369 e. The van der Waals surface area contributed by atoms with E-state index in [0.29, 0.717) is 5.69 Å². The maximum Gasteiger partial charge on any atom is 0.233 e. The molecule has 0 aromatic heterocycles. The molecule has 1 fully saturated rings.